The summed E-state index contributed by atoms with van der Waals surface area (Å²) >= 11 is 0. The topological polar surface area (TPSA) is 39.1 Å². The summed E-state index contributed by atoms with van der Waals surface area (Å²) in [4.78, 5) is 0. The van der Waals surface area contributed by atoms with Crippen molar-refractivity contribution in [2.24, 2.45) is 5.92 Å². The standard InChI is InChI=1S/C17H33N3O/c1-7-15-17(14(6)18-9-3)16(8-2)20(19-15)10-11-21-12-13(4)5/h13-14,18H,7-12H2,1-6H3. The maximum Gasteiger partial charge on any atom is 0.0672 e. The lowest BCUT2D eigenvalue weighted by molar-refractivity contribution is 0.100. The SMILES string of the molecule is CCNC(C)c1c(CC)nn(CCOCC(C)C)c1CC. The highest BCUT2D eigenvalue weighted by molar-refractivity contribution is 5.30. The molecule has 1 aromatic rings. The van der Waals surface area contributed by atoms with E-state index in [4.69, 9.17) is 9.84 Å². The summed E-state index contributed by atoms with van der Waals surface area (Å²) in [7, 11) is 0. The maximum atomic E-state index is 5.71. The Morgan fingerprint density at radius 1 is 1.14 bits per heavy atom. The van der Waals surface area contributed by atoms with Gasteiger partial charge in [0.15, 0.2) is 0 Å². The molecule has 0 aliphatic heterocycles. The highest BCUT2D eigenvalue weighted by atomic mass is 16.5. The van der Waals surface area contributed by atoms with Gasteiger partial charge in [0.1, 0.15) is 0 Å². The quantitative estimate of drug-likeness (QED) is 0.673. The van der Waals surface area contributed by atoms with Crippen molar-refractivity contribution in [1.82, 2.24) is 15.1 Å². The molecule has 1 heterocycles. The molecule has 4 nitrogen and oxygen atoms in total. The van der Waals surface area contributed by atoms with Crippen LogP contribution in [0.1, 0.15) is 64.5 Å². The predicted molar refractivity (Wildman–Crippen MR) is 88.7 cm³/mol. The van der Waals surface area contributed by atoms with Crippen LogP contribution in [0.2, 0.25) is 0 Å². The maximum absolute atomic E-state index is 5.71. The second-order valence-electron chi connectivity index (χ2n) is 5.99. The molecule has 0 bridgehead atoms. The highest BCUT2D eigenvalue weighted by Gasteiger charge is 2.19. The Balaban J connectivity index is 2.84. The molecular formula is C17H33N3O. The van der Waals surface area contributed by atoms with Crippen molar-refractivity contribution >= 4 is 0 Å². The number of aryl methyl sites for hydroxylation is 1. The van der Waals surface area contributed by atoms with Gasteiger partial charge in [0, 0.05) is 23.9 Å². The summed E-state index contributed by atoms with van der Waals surface area (Å²) < 4.78 is 7.87. The van der Waals surface area contributed by atoms with Crippen molar-refractivity contribution in [2.75, 3.05) is 19.8 Å². The Kier molecular flexibility index (Phi) is 7.97. The van der Waals surface area contributed by atoms with Gasteiger partial charge in [-0.1, -0.05) is 34.6 Å². The third-order valence-electron chi connectivity index (χ3n) is 3.69. The normalized spacial score (nSPS) is 13.1. The van der Waals surface area contributed by atoms with E-state index in [-0.39, 0.29) is 0 Å². The largest absolute Gasteiger partial charge is 0.379 e. The van der Waals surface area contributed by atoms with Gasteiger partial charge in [0.05, 0.1) is 18.8 Å². The van der Waals surface area contributed by atoms with Crippen LogP contribution < -0.4 is 5.32 Å². The average Bonchev–Trinajstić information content (AvgIpc) is 2.81. The summed E-state index contributed by atoms with van der Waals surface area (Å²) in [5.74, 6) is 0.587. The first kappa shape index (κ1) is 18.2. The Hall–Kier alpha value is -0.870. The lowest BCUT2D eigenvalue weighted by atomic mass is 10.0. The smallest absolute Gasteiger partial charge is 0.0672 e. The van der Waals surface area contributed by atoms with Gasteiger partial charge in [-0.15, -0.1) is 0 Å². The van der Waals surface area contributed by atoms with Crippen molar-refractivity contribution < 1.29 is 4.74 Å². The number of hydrogen-bond donors (Lipinski definition) is 1. The minimum Gasteiger partial charge on any atom is -0.379 e. The summed E-state index contributed by atoms with van der Waals surface area (Å²) in [5.41, 5.74) is 3.98. The zero-order valence-corrected chi connectivity index (χ0v) is 14.7. The highest BCUT2D eigenvalue weighted by Crippen LogP contribution is 2.23. The lowest BCUT2D eigenvalue weighted by Gasteiger charge is -2.15. The molecule has 0 radical (unpaired) electrons. The fraction of sp³-hybridized carbons (Fsp3) is 0.824. The van der Waals surface area contributed by atoms with E-state index in [1.165, 1.54) is 17.0 Å². The molecule has 0 spiro atoms. The first-order valence-corrected chi connectivity index (χ1v) is 8.44. The number of rotatable bonds is 10. The average molecular weight is 295 g/mol. The van der Waals surface area contributed by atoms with Gasteiger partial charge < -0.3 is 10.1 Å². The van der Waals surface area contributed by atoms with Gasteiger partial charge in [-0.3, -0.25) is 4.68 Å². The van der Waals surface area contributed by atoms with Gasteiger partial charge in [0.25, 0.3) is 0 Å². The van der Waals surface area contributed by atoms with E-state index in [9.17, 15) is 0 Å². The molecule has 1 unspecified atom stereocenters. The molecule has 0 saturated heterocycles. The Morgan fingerprint density at radius 3 is 2.38 bits per heavy atom. The lowest BCUT2D eigenvalue weighted by Crippen LogP contribution is -2.20. The molecule has 0 fully saturated rings. The van der Waals surface area contributed by atoms with Crippen LogP contribution in [-0.4, -0.2) is 29.5 Å². The van der Waals surface area contributed by atoms with Crippen molar-refractivity contribution in [1.29, 1.82) is 0 Å². The van der Waals surface area contributed by atoms with Crippen LogP contribution in [0.3, 0.4) is 0 Å². The third kappa shape index (κ3) is 5.11. The van der Waals surface area contributed by atoms with Gasteiger partial charge >= 0.3 is 0 Å². The van der Waals surface area contributed by atoms with Crippen molar-refractivity contribution in [2.45, 2.75) is 67.0 Å². The summed E-state index contributed by atoms with van der Waals surface area (Å²) in [6.45, 7) is 16.5. The van der Waals surface area contributed by atoms with Crippen molar-refractivity contribution in [3.05, 3.63) is 17.0 Å². The van der Waals surface area contributed by atoms with Gasteiger partial charge in [-0.05, 0) is 32.2 Å². The Labute approximate surface area is 130 Å². The van der Waals surface area contributed by atoms with Gasteiger partial charge in [-0.2, -0.15) is 5.10 Å². The van der Waals surface area contributed by atoms with E-state index >= 15 is 0 Å². The van der Waals surface area contributed by atoms with E-state index in [2.05, 4.69) is 51.5 Å². The molecule has 1 N–H and O–H groups in total. The Morgan fingerprint density at radius 2 is 1.86 bits per heavy atom. The van der Waals surface area contributed by atoms with Crippen LogP contribution in [0, 0.1) is 5.92 Å². The van der Waals surface area contributed by atoms with Crippen LogP contribution in [-0.2, 0) is 24.1 Å². The van der Waals surface area contributed by atoms with Crippen molar-refractivity contribution in [3.8, 4) is 0 Å². The van der Waals surface area contributed by atoms with Crippen LogP contribution in [0.25, 0.3) is 0 Å². The number of aromatic nitrogens is 2. The number of nitrogens with one attached hydrogen (secondary N) is 1. The summed E-state index contributed by atoms with van der Waals surface area (Å²) in [5, 5.41) is 8.34. The molecule has 0 aromatic carbocycles. The Bertz CT molecular complexity index is 412. The fourth-order valence-electron chi connectivity index (χ4n) is 2.76. The van der Waals surface area contributed by atoms with E-state index in [0.29, 0.717) is 12.0 Å². The second kappa shape index (κ2) is 9.21. The molecular weight excluding hydrogens is 262 g/mol. The number of nitrogens with zero attached hydrogens (tertiary/aromatic N) is 2. The summed E-state index contributed by atoms with van der Waals surface area (Å²) in [6.07, 6.45) is 2.00. The molecule has 21 heavy (non-hydrogen) atoms. The fourth-order valence-corrected chi connectivity index (χ4v) is 2.76. The molecule has 1 rings (SSSR count). The first-order chi connectivity index (χ1) is 10.0. The molecule has 0 aliphatic carbocycles. The van der Waals surface area contributed by atoms with Gasteiger partial charge in [-0.25, -0.2) is 0 Å². The molecule has 122 valence electrons. The van der Waals surface area contributed by atoms with Crippen LogP contribution in [0.4, 0.5) is 0 Å². The first-order valence-electron chi connectivity index (χ1n) is 8.44. The molecule has 1 atom stereocenters. The third-order valence-corrected chi connectivity index (χ3v) is 3.69. The van der Waals surface area contributed by atoms with Gasteiger partial charge in [0.2, 0.25) is 0 Å². The molecule has 1 aromatic heterocycles. The van der Waals surface area contributed by atoms with E-state index < -0.39 is 0 Å². The molecule has 0 aliphatic rings. The van der Waals surface area contributed by atoms with E-state index in [0.717, 1.165) is 39.1 Å². The zero-order valence-electron chi connectivity index (χ0n) is 14.7. The minimum absolute atomic E-state index is 0.366. The van der Waals surface area contributed by atoms with Crippen LogP contribution >= 0.6 is 0 Å². The second-order valence-corrected chi connectivity index (χ2v) is 5.99. The molecule has 0 saturated carbocycles. The zero-order chi connectivity index (χ0) is 15.8. The van der Waals surface area contributed by atoms with Crippen LogP contribution in [0.15, 0.2) is 0 Å². The van der Waals surface area contributed by atoms with Crippen LogP contribution in [0.5, 0.6) is 0 Å². The van der Waals surface area contributed by atoms with E-state index in [1.807, 2.05) is 0 Å². The summed E-state index contributed by atoms with van der Waals surface area (Å²) in [6, 6.07) is 0.366. The minimum atomic E-state index is 0.366. The predicted octanol–water partition coefficient (Wildman–Crippen LogP) is 3.35. The van der Waals surface area contributed by atoms with E-state index in [1.54, 1.807) is 0 Å². The molecule has 4 heteroatoms. The monoisotopic (exact) mass is 295 g/mol. The molecule has 0 amide bonds. The number of ether oxygens (including phenoxy) is 1. The van der Waals surface area contributed by atoms with Crippen molar-refractivity contribution in [3.63, 3.8) is 0 Å². The number of hydrogen-bond acceptors (Lipinski definition) is 3.